The first-order valence-corrected chi connectivity index (χ1v) is 8.08. The van der Waals surface area contributed by atoms with Crippen LogP contribution in [0.3, 0.4) is 0 Å². The van der Waals surface area contributed by atoms with Gasteiger partial charge in [0.2, 0.25) is 5.69 Å². The van der Waals surface area contributed by atoms with Crippen LogP contribution >= 0.6 is 0 Å². The van der Waals surface area contributed by atoms with Gasteiger partial charge in [-0.15, -0.1) is 0 Å². The van der Waals surface area contributed by atoms with Crippen LogP contribution in [0.4, 0.5) is 5.69 Å². The van der Waals surface area contributed by atoms with Gasteiger partial charge in [-0.3, -0.25) is 4.90 Å². The van der Waals surface area contributed by atoms with E-state index in [0.29, 0.717) is 12.0 Å². The lowest BCUT2D eigenvalue weighted by atomic mass is 9.61. The highest BCUT2D eigenvalue weighted by Crippen LogP contribution is 2.57. The topological polar surface area (TPSA) is 29.3 Å². The molecular formula is C18H20N2O. The fourth-order valence-corrected chi connectivity index (χ4v) is 5.48. The summed E-state index contributed by atoms with van der Waals surface area (Å²) in [7, 11) is 0. The molecule has 0 unspecified atom stereocenters. The highest BCUT2D eigenvalue weighted by molar-refractivity contribution is 5.98. The molecule has 108 valence electrons. The molecule has 1 aliphatic carbocycles. The Labute approximate surface area is 125 Å². The largest absolute Gasteiger partial charge is 0.618 e. The Kier molecular flexibility index (Phi) is 2.15. The maximum Gasteiger partial charge on any atom is 0.220 e. The van der Waals surface area contributed by atoms with E-state index in [1.165, 1.54) is 16.7 Å². The zero-order valence-corrected chi connectivity index (χ0v) is 12.4. The van der Waals surface area contributed by atoms with Crippen LogP contribution < -0.4 is 0 Å². The quantitative estimate of drug-likeness (QED) is 0.415. The highest BCUT2D eigenvalue weighted by Gasteiger charge is 2.64. The van der Waals surface area contributed by atoms with Crippen LogP contribution in [0.5, 0.6) is 0 Å². The molecule has 3 atom stereocenters. The fraction of sp³-hybridized carbons (Fsp3) is 0.500. The molecule has 1 spiro atoms. The fourth-order valence-electron chi connectivity index (χ4n) is 5.48. The van der Waals surface area contributed by atoms with Crippen molar-refractivity contribution in [3.8, 4) is 0 Å². The first kappa shape index (κ1) is 12.0. The van der Waals surface area contributed by atoms with Crippen molar-refractivity contribution in [3.05, 3.63) is 46.7 Å². The molecule has 3 aliphatic heterocycles. The van der Waals surface area contributed by atoms with Gasteiger partial charge in [-0.25, -0.2) is 0 Å². The molecule has 3 heteroatoms. The predicted octanol–water partition coefficient (Wildman–Crippen LogP) is 2.97. The number of hydrogen-bond donors (Lipinski definition) is 0. The van der Waals surface area contributed by atoms with E-state index in [1.54, 1.807) is 5.57 Å². The summed E-state index contributed by atoms with van der Waals surface area (Å²) in [6, 6.07) is 8.83. The van der Waals surface area contributed by atoms with E-state index in [0.717, 1.165) is 37.3 Å². The van der Waals surface area contributed by atoms with E-state index >= 15 is 0 Å². The summed E-state index contributed by atoms with van der Waals surface area (Å²) < 4.78 is 1.27. The van der Waals surface area contributed by atoms with Gasteiger partial charge >= 0.3 is 0 Å². The summed E-state index contributed by atoms with van der Waals surface area (Å²) in [5.74, 6) is 0.586. The van der Waals surface area contributed by atoms with Crippen LogP contribution in [0.2, 0.25) is 0 Å². The summed E-state index contributed by atoms with van der Waals surface area (Å²) in [5.41, 5.74) is 4.91. The summed E-state index contributed by atoms with van der Waals surface area (Å²) in [6.45, 7) is 4.39. The first-order valence-electron chi connectivity index (χ1n) is 8.08. The molecule has 1 aromatic carbocycles. The minimum Gasteiger partial charge on any atom is -0.618 e. The average Bonchev–Trinajstić information content (AvgIpc) is 3.04. The van der Waals surface area contributed by atoms with Gasteiger partial charge in [-0.05, 0) is 25.7 Å². The molecule has 0 aromatic heterocycles. The number of benzene rings is 1. The monoisotopic (exact) mass is 280 g/mol. The maximum atomic E-state index is 12.9. The Morgan fingerprint density at radius 3 is 3.10 bits per heavy atom. The average molecular weight is 280 g/mol. The van der Waals surface area contributed by atoms with Crippen molar-refractivity contribution >= 4 is 11.4 Å². The number of hydrogen-bond acceptors (Lipinski definition) is 2. The molecule has 0 N–H and O–H groups in total. The number of piperidine rings is 1. The van der Waals surface area contributed by atoms with Gasteiger partial charge in [0.15, 0.2) is 5.71 Å². The van der Waals surface area contributed by atoms with E-state index in [2.05, 4.69) is 30.0 Å². The zero-order chi connectivity index (χ0) is 14.2. The van der Waals surface area contributed by atoms with Crippen molar-refractivity contribution in [1.29, 1.82) is 0 Å². The van der Waals surface area contributed by atoms with Crippen molar-refractivity contribution in [1.82, 2.24) is 4.90 Å². The number of fused-ring (bicyclic) bond motifs is 2. The minimum atomic E-state index is 0.0219. The second kappa shape index (κ2) is 3.77. The molecule has 21 heavy (non-hydrogen) atoms. The van der Waals surface area contributed by atoms with Crippen LogP contribution in [0.15, 0.2) is 35.9 Å². The lowest BCUT2D eigenvalue weighted by molar-refractivity contribution is -0.360. The smallest absolute Gasteiger partial charge is 0.220 e. The van der Waals surface area contributed by atoms with Crippen LogP contribution in [0.25, 0.3) is 0 Å². The Morgan fingerprint density at radius 2 is 2.24 bits per heavy atom. The second-order valence-corrected chi connectivity index (χ2v) is 6.97. The molecule has 0 radical (unpaired) electrons. The van der Waals surface area contributed by atoms with Crippen molar-refractivity contribution < 1.29 is 4.74 Å². The Balaban J connectivity index is 1.77. The van der Waals surface area contributed by atoms with E-state index in [-0.39, 0.29) is 5.41 Å². The Bertz CT molecular complexity index is 705. The van der Waals surface area contributed by atoms with Crippen molar-refractivity contribution in [2.45, 2.75) is 37.6 Å². The van der Waals surface area contributed by atoms with Gasteiger partial charge in [-0.2, -0.15) is 4.74 Å². The molecule has 2 saturated heterocycles. The first-order chi connectivity index (χ1) is 10.3. The molecule has 1 saturated carbocycles. The summed E-state index contributed by atoms with van der Waals surface area (Å²) in [4.78, 5) is 2.63. The third kappa shape index (κ3) is 1.23. The van der Waals surface area contributed by atoms with Crippen molar-refractivity contribution in [3.63, 3.8) is 0 Å². The molecule has 4 aliphatic rings. The Hall–Kier alpha value is -1.61. The number of allylic oxidation sites excluding steroid dienone is 1. The zero-order valence-electron chi connectivity index (χ0n) is 12.4. The van der Waals surface area contributed by atoms with Crippen LogP contribution in [-0.2, 0) is 5.41 Å². The van der Waals surface area contributed by atoms with Crippen molar-refractivity contribution in [2.75, 3.05) is 13.1 Å². The third-order valence-electron chi connectivity index (χ3n) is 6.39. The van der Waals surface area contributed by atoms with E-state index in [9.17, 15) is 5.21 Å². The Morgan fingerprint density at radius 1 is 1.38 bits per heavy atom. The third-order valence-corrected chi connectivity index (χ3v) is 6.39. The highest BCUT2D eigenvalue weighted by atomic mass is 16.5. The van der Waals surface area contributed by atoms with Crippen molar-refractivity contribution in [2.24, 2.45) is 5.92 Å². The SMILES string of the molecule is C/C=C1/CN2CC[C@@]34C(=[N+]([O-])c5ccccc53)C[C@@H]1C[C@@H]24. The normalized spacial score (nSPS) is 38.8. The number of nitrogens with zero attached hydrogens (tertiary/aromatic N) is 2. The van der Waals surface area contributed by atoms with Gasteiger partial charge in [-0.1, -0.05) is 29.8 Å². The number of para-hydroxylation sites is 1. The summed E-state index contributed by atoms with van der Waals surface area (Å²) in [5, 5.41) is 12.9. The molecule has 0 amide bonds. The standard InChI is InChI=1S/C18H20N2O/c1-2-12-11-19-8-7-18-14-5-3-4-6-15(14)20(21)17(18)10-13(12)9-16(18)19/h2-6,13,16H,7-11H2,1H3/b12-2-/t13-,16+,18+/m0/s1. The number of rotatable bonds is 0. The molecule has 3 nitrogen and oxygen atoms in total. The lowest BCUT2D eigenvalue weighted by Gasteiger charge is -2.46. The molecule has 5 rings (SSSR count). The maximum absolute atomic E-state index is 12.9. The van der Waals surface area contributed by atoms with Gasteiger partial charge in [0.25, 0.3) is 0 Å². The molecule has 1 aromatic rings. The van der Waals surface area contributed by atoms with Gasteiger partial charge in [0, 0.05) is 37.2 Å². The molecule has 2 bridgehead atoms. The minimum absolute atomic E-state index is 0.0219. The van der Waals surface area contributed by atoms with E-state index in [4.69, 9.17) is 0 Å². The van der Waals surface area contributed by atoms with E-state index < -0.39 is 0 Å². The molecule has 3 heterocycles. The van der Waals surface area contributed by atoms with Crippen LogP contribution in [0.1, 0.15) is 31.7 Å². The molecular weight excluding hydrogens is 260 g/mol. The van der Waals surface area contributed by atoms with E-state index in [1.807, 2.05) is 12.1 Å². The summed E-state index contributed by atoms with van der Waals surface area (Å²) in [6.07, 6.45) is 5.59. The molecule has 3 fully saturated rings. The van der Waals surface area contributed by atoms with Gasteiger partial charge in [0.05, 0.1) is 0 Å². The van der Waals surface area contributed by atoms with Crippen LogP contribution in [-0.4, -0.2) is 34.5 Å². The second-order valence-electron chi connectivity index (χ2n) is 6.97. The van der Waals surface area contributed by atoms with Gasteiger partial charge < -0.3 is 5.21 Å². The predicted molar refractivity (Wildman–Crippen MR) is 82.9 cm³/mol. The lowest BCUT2D eigenvalue weighted by Crippen LogP contribution is -2.56. The van der Waals surface area contributed by atoms with Gasteiger partial charge in [0.1, 0.15) is 5.41 Å². The summed E-state index contributed by atoms with van der Waals surface area (Å²) >= 11 is 0. The van der Waals surface area contributed by atoms with Crippen LogP contribution in [0, 0.1) is 11.1 Å².